The average Bonchev–Trinajstić information content (AvgIpc) is 2.73. The molecule has 1 saturated heterocycles. The van der Waals surface area contributed by atoms with Crippen molar-refractivity contribution < 1.29 is 22.3 Å². The van der Waals surface area contributed by atoms with Crippen LogP contribution in [-0.4, -0.2) is 44.7 Å². The summed E-state index contributed by atoms with van der Waals surface area (Å²) < 4.78 is 43.6. The van der Waals surface area contributed by atoms with Crippen LogP contribution < -0.4 is 4.74 Å². The highest BCUT2D eigenvalue weighted by Crippen LogP contribution is 2.27. The molecular weight excluding hydrogens is 405 g/mol. The van der Waals surface area contributed by atoms with E-state index in [-0.39, 0.29) is 29.7 Å². The number of benzene rings is 3. The van der Waals surface area contributed by atoms with Crippen LogP contribution in [0.3, 0.4) is 0 Å². The first-order valence-electron chi connectivity index (χ1n) is 9.42. The topological polar surface area (TPSA) is 63.7 Å². The highest BCUT2D eigenvalue weighted by atomic mass is 32.2. The summed E-state index contributed by atoms with van der Waals surface area (Å²) in [7, 11) is -1.98. The number of halogens is 1. The first-order valence-corrected chi connectivity index (χ1v) is 11.0. The third kappa shape index (κ3) is 3.80. The Kier molecular flexibility index (Phi) is 5.30. The van der Waals surface area contributed by atoms with Gasteiger partial charge in [-0.15, -0.1) is 0 Å². The van der Waals surface area contributed by atoms with E-state index < -0.39 is 15.1 Å². The number of carbonyl (C=O) groups excluding carboxylic acids is 1. The Bertz CT molecular complexity index is 1150. The van der Waals surface area contributed by atoms with Gasteiger partial charge >= 0.3 is 0 Å². The maximum absolute atomic E-state index is 13.1. The zero-order valence-corrected chi connectivity index (χ0v) is 17.1. The summed E-state index contributed by atoms with van der Waals surface area (Å²) in [6.45, 7) is 0.319. The van der Waals surface area contributed by atoms with E-state index in [1.165, 1.54) is 36.3 Å². The van der Waals surface area contributed by atoms with E-state index in [1.54, 1.807) is 48.5 Å². The average molecular weight is 425 g/mol. The summed E-state index contributed by atoms with van der Waals surface area (Å²) in [5.41, 5.74) is 2.21. The van der Waals surface area contributed by atoms with Gasteiger partial charge in [0.2, 0.25) is 0 Å². The molecule has 7 heteroatoms. The minimum absolute atomic E-state index is 0.160. The summed E-state index contributed by atoms with van der Waals surface area (Å²) in [4.78, 5) is 14.4. The second-order valence-corrected chi connectivity index (χ2v) is 9.37. The second-order valence-electron chi connectivity index (χ2n) is 7.14. The molecule has 0 aliphatic carbocycles. The molecule has 30 heavy (non-hydrogen) atoms. The smallest absolute Gasteiger partial charge is 0.253 e. The van der Waals surface area contributed by atoms with Gasteiger partial charge in [0.15, 0.2) is 9.84 Å². The van der Waals surface area contributed by atoms with Crippen molar-refractivity contribution in [3.63, 3.8) is 0 Å². The predicted molar refractivity (Wildman–Crippen MR) is 112 cm³/mol. The molecule has 154 valence electrons. The van der Waals surface area contributed by atoms with Crippen LogP contribution in [0.2, 0.25) is 0 Å². The lowest BCUT2D eigenvalue weighted by Gasteiger charge is -2.38. The Balaban J connectivity index is 1.41. The van der Waals surface area contributed by atoms with E-state index in [0.717, 1.165) is 11.1 Å². The third-order valence-electron chi connectivity index (χ3n) is 5.27. The molecule has 0 spiro atoms. The Hall–Kier alpha value is -3.19. The van der Waals surface area contributed by atoms with Gasteiger partial charge in [0.25, 0.3) is 5.91 Å². The molecule has 3 aromatic carbocycles. The highest BCUT2D eigenvalue weighted by Gasteiger charge is 2.40. The van der Waals surface area contributed by atoms with Gasteiger partial charge in [-0.2, -0.15) is 0 Å². The maximum atomic E-state index is 13.1. The zero-order valence-electron chi connectivity index (χ0n) is 16.3. The van der Waals surface area contributed by atoms with Crippen molar-refractivity contribution in [1.82, 2.24) is 4.90 Å². The van der Waals surface area contributed by atoms with E-state index in [9.17, 15) is 17.6 Å². The van der Waals surface area contributed by atoms with Crippen LogP contribution >= 0.6 is 0 Å². The quantitative estimate of drug-likeness (QED) is 0.624. The van der Waals surface area contributed by atoms with E-state index in [2.05, 4.69) is 0 Å². The molecule has 0 saturated carbocycles. The molecule has 0 radical (unpaired) electrons. The monoisotopic (exact) mass is 425 g/mol. The zero-order chi connectivity index (χ0) is 21.3. The van der Waals surface area contributed by atoms with Crippen LogP contribution in [0.25, 0.3) is 11.1 Å². The SMILES string of the molecule is COc1ccc(S(=O)(=O)C2CN(C(=O)c3ccc(-c4ccc(F)cc4)cc3)C2)cc1. The Morgan fingerprint density at radius 1 is 0.900 bits per heavy atom. The number of carbonyl (C=O) groups is 1. The number of likely N-dealkylation sites (tertiary alicyclic amines) is 1. The van der Waals surface area contributed by atoms with Crippen LogP contribution in [-0.2, 0) is 9.84 Å². The Morgan fingerprint density at radius 3 is 1.97 bits per heavy atom. The lowest BCUT2D eigenvalue weighted by Crippen LogP contribution is -2.56. The number of hydrogen-bond donors (Lipinski definition) is 0. The number of ether oxygens (including phenoxy) is 1. The van der Waals surface area contributed by atoms with Crippen molar-refractivity contribution in [2.24, 2.45) is 0 Å². The van der Waals surface area contributed by atoms with Gasteiger partial charge in [-0.1, -0.05) is 24.3 Å². The standard InChI is InChI=1S/C23H20FNO4S/c1-29-20-10-12-21(13-11-20)30(27,28)22-14-25(15-22)23(26)18-4-2-16(3-5-18)17-6-8-19(24)9-7-17/h2-13,22H,14-15H2,1H3. The molecular formula is C23H20FNO4S. The molecule has 0 bridgehead atoms. The van der Waals surface area contributed by atoms with Crippen LogP contribution in [0.15, 0.2) is 77.7 Å². The molecule has 4 rings (SSSR count). The first kappa shape index (κ1) is 20.1. The van der Waals surface area contributed by atoms with E-state index in [1.807, 2.05) is 0 Å². The molecule has 5 nitrogen and oxygen atoms in total. The fraction of sp³-hybridized carbons (Fsp3) is 0.174. The van der Waals surface area contributed by atoms with E-state index in [4.69, 9.17) is 4.74 Å². The third-order valence-corrected chi connectivity index (χ3v) is 7.38. The number of methoxy groups -OCH3 is 1. The number of amides is 1. The molecule has 3 aromatic rings. The summed E-state index contributed by atoms with van der Waals surface area (Å²) >= 11 is 0. The minimum Gasteiger partial charge on any atom is -0.497 e. The van der Waals surface area contributed by atoms with Crippen molar-refractivity contribution in [2.75, 3.05) is 20.2 Å². The summed E-state index contributed by atoms with van der Waals surface area (Å²) in [6, 6.07) is 19.4. The van der Waals surface area contributed by atoms with Gasteiger partial charge in [0.05, 0.1) is 12.0 Å². The van der Waals surface area contributed by atoms with Crippen LogP contribution in [0.4, 0.5) is 4.39 Å². The molecule has 1 heterocycles. The molecule has 1 aliphatic rings. The number of hydrogen-bond acceptors (Lipinski definition) is 4. The summed E-state index contributed by atoms with van der Waals surface area (Å²) in [5, 5.41) is -0.617. The van der Waals surface area contributed by atoms with Gasteiger partial charge in [0, 0.05) is 18.7 Å². The fourth-order valence-electron chi connectivity index (χ4n) is 3.39. The maximum Gasteiger partial charge on any atom is 0.253 e. The van der Waals surface area contributed by atoms with Gasteiger partial charge in [-0.3, -0.25) is 4.79 Å². The fourth-order valence-corrected chi connectivity index (χ4v) is 5.04. The second kappa shape index (κ2) is 7.91. The largest absolute Gasteiger partial charge is 0.497 e. The number of nitrogens with zero attached hydrogens (tertiary/aromatic N) is 1. The summed E-state index contributed by atoms with van der Waals surface area (Å²) in [6.07, 6.45) is 0. The number of rotatable bonds is 5. The van der Waals surface area contributed by atoms with Crippen molar-refractivity contribution >= 4 is 15.7 Å². The minimum atomic E-state index is -3.50. The highest BCUT2D eigenvalue weighted by molar-refractivity contribution is 7.92. The molecule has 1 amide bonds. The van der Waals surface area contributed by atoms with Gasteiger partial charge in [0.1, 0.15) is 16.8 Å². The lowest BCUT2D eigenvalue weighted by molar-refractivity contribution is 0.0659. The van der Waals surface area contributed by atoms with Crippen LogP contribution in [0.1, 0.15) is 10.4 Å². The van der Waals surface area contributed by atoms with Crippen LogP contribution in [0, 0.1) is 5.82 Å². The van der Waals surface area contributed by atoms with Crippen molar-refractivity contribution in [3.8, 4) is 16.9 Å². The van der Waals surface area contributed by atoms with E-state index >= 15 is 0 Å². The van der Waals surface area contributed by atoms with Gasteiger partial charge in [-0.05, 0) is 59.7 Å². The van der Waals surface area contributed by atoms with Crippen molar-refractivity contribution in [1.29, 1.82) is 0 Å². The Labute approximate surface area is 174 Å². The van der Waals surface area contributed by atoms with Gasteiger partial charge in [-0.25, -0.2) is 12.8 Å². The molecule has 0 aromatic heterocycles. The molecule has 0 unspecified atom stereocenters. The summed E-state index contributed by atoms with van der Waals surface area (Å²) in [5.74, 6) is 0.0766. The molecule has 0 atom stereocenters. The Morgan fingerprint density at radius 2 is 1.43 bits per heavy atom. The van der Waals surface area contributed by atoms with E-state index in [0.29, 0.717) is 11.3 Å². The lowest BCUT2D eigenvalue weighted by atomic mass is 10.0. The van der Waals surface area contributed by atoms with Gasteiger partial charge < -0.3 is 9.64 Å². The normalized spacial score (nSPS) is 14.3. The van der Waals surface area contributed by atoms with Crippen LogP contribution in [0.5, 0.6) is 5.75 Å². The predicted octanol–water partition coefficient (Wildman–Crippen LogP) is 3.80. The molecule has 0 N–H and O–H groups in total. The van der Waals surface area contributed by atoms with Crippen molar-refractivity contribution in [3.05, 3.63) is 84.2 Å². The number of sulfone groups is 1. The first-order chi connectivity index (χ1) is 14.4. The van der Waals surface area contributed by atoms with Crippen molar-refractivity contribution in [2.45, 2.75) is 10.1 Å². The molecule has 1 aliphatic heterocycles. The molecule has 1 fully saturated rings.